The third-order valence-electron chi connectivity index (χ3n) is 4.85. The van der Waals surface area contributed by atoms with Gasteiger partial charge in [-0.3, -0.25) is 4.79 Å². The van der Waals surface area contributed by atoms with Gasteiger partial charge in [-0.1, -0.05) is 17.7 Å². The van der Waals surface area contributed by atoms with Crippen LogP contribution in [0.5, 0.6) is 5.75 Å². The van der Waals surface area contributed by atoms with Gasteiger partial charge in [0, 0.05) is 44.0 Å². The van der Waals surface area contributed by atoms with Crippen molar-refractivity contribution in [1.29, 1.82) is 0 Å². The average molecular weight is 452 g/mol. The monoisotopic (exact) mass is 451 g/mol. The van der Waals surface area contributed by atoms with Gasteiger partial charge in [0.1, 0.15) is 5.75 Å². The maximum atomic E-state index is 13.1. The number of rotatable bonds is 6. The molecule has 9 heteroatoms. The van der Waals surface area contributed by atoms with Crippen LogP contribution >= 0.6 is 11.6 Å². The lowest BCUT2D eigenvalue weighted by Gasteiger charge is -2.36. The minimum atomic E-state index is -3.71. The molecule has 30 heavy (non-hydrogen) atoms. The summed E-state index contributed by atoms with van der Waals surface area (Å²) in [4.78, 5) is 17.0. The number of carbonyl (C=O) groups excluding carboxylic acids is 1. The predicted octanol–water partition coefficient (Wildman–Crippen LogP) is 3.00. The van der Waals surface area contributed by atoms with Crippen LogP contribution in [0.15, 0.2) is 47.4 Å². The van der Waals surface area contributed by atoms with Crippen molar-refractivity contribution in [2.45, 2.75) is 24.8 Å². The van der Waals surface area contributed by atoms with Crippen molar-refractivity contribution in [2.24, 2.45) is 0 Å². The molecule has 1 amide bonds. The number of carbonyl (C=O) groups is 1. The van der Waals surface area contributed by atoms with Gasteiger partial charge in [-0.2, -0.15) is 0 Å². The Kier molecular flexibility index (Phi) is 6.90. The summed E-state index contributed by atoms with van der Waals surface area (Å²) in [6, 6.07) is 11.7. The second kappa shape index (κ2) is 9.24. The molecule has 0 saturated carbocycles. The minimum absolute atomic E-state index is 0.0268. The summed E-state index contributed by atoms with van der Waals surface area (Å²) >= 11 is 6.24. The number of anilines is 1. The summed E-state index contributed by atoms with van der Waals surface area (Å²) in [7, 11) is -2.08. The third kappa shape index (κ3) is 5.06. The van der Waals surface area contributed by atoms with Crippen LogP contribution in [0.2, 0.25) is 5.02 Å². The molecule has 1 aliphatic rings. The molecule has 2 aromatic rings. The van der Waals surface area contributed by atoms with E-state index in [1.165, 1.54) is 18.2 Å². The van der Waals surface area contributed by atoms with Gasteiger partial charge >= 0.3 is 0 Å². The van der Waals surface area contributed by atoms with Crippen molar-refractivity contribution in [3.05, 3.63) is 53.1 Å². The number of ether oxygens (including phenoxy) is 1. The number of benzene rings is 2. The zero-order valence-corrected chi connectivity index (χ0v) is 18.8. The second-order valence-electron chi connectivity index (χ2n) is 7.40. The summed E-state index contributed by atoms with van der Waals surface area (Å²) < 4.78 is 32.7. The summed E-state index contributed by atoms with van der Waals surface area (Å²) in [5.74, 6) is 0.512. The highest BCUT2D eigenvalue weighted by molar-refractivity contribution is 7.89. The molecule has 0 aliphatic carbocycles. The number of hydrogen-bond acceptors (Lipinski definition) is 5. The Morgan fingerprint density at radius 2 is 1.80 bits per heavy atom. The van der Waals surface area contributed by atoms with Crippen LogP contribution in [-0.4, -0.2) is 58.6 Å². The van der Waals surface area contributed by atoms with Crippen LogP contribution in [0.4, 0.5) is 5.69 Å². The first-order chi connectivity index (χ1) is 14.2. The first-order valence-corrected chi connectivity index (χ1v) is 11.6. The minimum Gasteiger partial charge on any atom is -0.497 e. The van der Waals surface area contributed by atoms with Crippen LogP contribution in [0.25, 0.3) is 0 Å². The Hall–Kier alpha value is -2.29. The van der Waals surface area contributed by atoms with Crippen molar-refractivity contribution in [3.8, 4) is 5.75 Å². The summed E-state index contributed by atoms with van der Waals surface area (Å²) in [5.41, 5.74) is 1.23. The predicted molar refractivity (Wildman–Crippen MR) is 118 cm³/mol. The molecule has 1 saturated heterocycles. The number of nitrogens with one attached hydrogen (secondary N) is 1. The van der Waals surface area contributed by atoms with E-state index in [9.17, 15) is 13.2 Å². The number of piperazine rings is 1. The molecule has 162 valence electrons. The van der Waals surface area contributed by atoms with E-state index in [1.54, 1.807) is 25.9 Å². The van der Waals surface area contributed by atoms with E-state index >= 15 is 0 Å². The second-order valence-corrected chi connectivity index (χ2v) is 9.52. The zero-order chi connectivity index (χ0) is 21.9. The highest BCUT2D eigenvalue weighted by Gasteiger charge is 2.26. The number of amides is 1. The number of halogens is 1. The fourth-order valence-corrected chi connectivity index (χ4v) is 4.83. The molecule has 1 fully saturated rings. The molecule has 0 radical (unpaired) electrons. The van der Waals surface area contributed by atoms with Crippen LogP contribution in [0.1, 0.15) is 24.2 Å². The molecule has 1 heterocycles. The first-order valence-electron chi connectivity index (χ1n) is 9.71. The smallest absolute Gasteiger partial charge is 0.255 e. The molecule has 1 aliphatic heterocycles. The molecule has 0 aromatic heterocycles. The third-order valence-corrected chi connectivity index (χ3v) is 6.84. The quantitative estimate of drug-likeness (QED) is 0.730. The topological polar surface area (TPSA) is 79.0 Å². The Labute approximate surface area is 182 Å². The Morgan fingerprint density at radius 3 is 2.43 bits per heavy atom. The Bertz CT molecular complexity index is 1020. The molecule has 1 N–H and O–H groups in total. The molecular weight excluding hydrogens is 426 g/mol. The van der Waals surface area contributed by atoms with Gasteiger partial charge in [-0.05, 0) is 44.2 Å². The van der Waals surface area contributed by atoms with Gasteiger partial charge in [0.15, 0.2) is 0 Å². The maximum Gasteiger partial charge on any atom is 0.255 e. The highest BCUT2D eigenvalue weighted by atomic mass is 35.5. The van der Waals surface area contributed by atoms with Crippen molar-refractivity contribution in [2.75, 3.05) is 38.2 Å². The van der Waals surface area contributed by atoms with Gasteiger partial charge in [0.2, 0.25) is 10.0 Å². The van der Waals surface area contributed by atoms with E-state index in [1.807, 2.05) is 24.3 Å². The summed E-state index contributed by atoms with van der Waals surface area (Å²) in [5, 5.41) is 0.235. The lowest BCUT2D eigenvalue weighted by molar-refractivity contribution is 0.0746. The zero-order valence-electron chi connectivity index (χ0n) is 17.3. The van der Waals surface area contributed by atoms with E-state index in [0.29, 0.717) is 26.2 Å². The maximum absolute atomic E-state index is 13.1. The lowest BCUT2D eigenvalue weighted by Crippen LogP contribution is -2.48. The number of nitrogens with zero attached hydrogens (tertiary/aromatic N) is 2. The van der Waals surface area contributed by atoms with E-state index in [2.05, 4.69) is 9.62 Å². The van der Waals surface area contributed by atoms with Crippen LogP contribution in [0.3, 0.4) is 0 Å². The summed E-state index contributed by atoms with van der Waals surface area (Å²) in [6.45, 7) is 5.80. The van der Waals surface area contributed by atoms with Gasteiger partial charge in [-0.25, -0.2) is 13.1 Å². The lowest BCUT2D eigenvalue weighted by atomic mass is 10.1. The first kappa shape index (κ1) is 22.4. The van der Waals surface area contributed by atoms with Crippen LogP contribution in [0, 0.1) is 0 Å². The average Bonchev–Trinajstić information content (AvgIpc) is 2.72. The Balaban J connectivity index is 1.74. The van der Waals surface area contributed by atoms with E-state index < -0.39 is 10.0 Å². The van der Waals surface area contributed by atoms with Gasteiger partial charge in [0.05, 0.1) is 22.6 Å². The van der Waals surface area contributed by atoms with Gasteiger partial charge in [0.25, 0.3) is 5.91 Å². The summed E-state index contributed by atoms with van der Waals surface area (Å²) in [6.07, 6.45) is 0. The van der Waals surface area contributed by atoms with Crippen molar-refractivity contribution in [3.63, 3.8) is 0 Å². The number of sulfonamides is 1. The van der Waals surface area contributed by atoms with Crippen molar-refractivity contribution >= 4 is 33.2 Å². The van der Waals surface area contributed by atoms with Gasteiger partial charge < -0.3 is 14.5 Å². The fourth-order valence-electron chi connectivity index (χ4n) is 3.36. The van der Waals surface area contributed by atoms with Crippen LogP contribution < -0.4 is 14.4 Å². The van der Waals surface area contributed by atoms with E-state index in [-0.39, 0.29) is 27.4 Å². The number of methoxy groups -OCH3 is 1. The SMILES string of the molecule is COc1cccc(N2CCN(C(=O)c3cc(S(=O)(=O)NC(C)C)ccc3Cl)CC2)c1. The Morgan fingerprint density at radius 1 is 1.10 bits per heavy atom. The molecular formula is C21H26ClN3O4S. The molecule has 0 atom stereocenters. The van der Waals surface area contributed by atoms with Gasteiger partial charge in [-0.15, -0.1) is 0 Å². The fraction of sp³-hybridized carbons (Fsp3) is 0.381. The molecule has 2 aromatic carbocycles. The molecule has 0 spiro atoms. The molecule has 3 rings (SSSR count). The largest absolute Gasteiger partial charge is 0.497 e. The van der Waals surface area contributed by atoms with E-state index in [4.69, 9.17) is 16.3 Å². The molecule has 7 nitrogen and oxygen atoms in total. The highest BCUT2D eigenvalue weighted by Crippen LogP contribution is 2.25. The van der Waals surface area contributed by atoms with Crippen LogP contribution in [-0.2, 0) is 10.0 Å². The van der Waals surface area contributed by atoms with Crippen molar-refractivity contribution in [1.82, 2.24) is 9.62 Å². The normalized spacial score (nSPS) is 14.8. The molecule has 0 bridgehead atoms. The van der Waals surface area contributed by atoms with E-state index in [0.717, 1.165) is 11.4 Å². The number of hydrogen-bond donors (Lipinski definition) is 1. The standard InChI is InChI=1S/C21H26ClN3O4S/c1-15(2)23-30(27,28)18-7-8-20(22)19(14-18)21(26)25-11-9-24(10-12-25)16-5-4-6-17(13-16)29-3/h4-8,13-15,23H,9-12H2,1-3H3. The van der Waals surface area contributed by atoms with Crippen molar-refractivity contribution < 1.29 is 17.9 Å². The molecule has 0 unspecified atom stereocenters.